The Labute approximate surface area is 192 Å². The van der Waals surface area contributed by atoms with Crippen molar-refractivity contribution in [2.45, 2.75) is 57.0 Å². The van der Waals surface area contributed by atoms with E-state index in [2.05, 4.69) is 16.4 Å². The number of aromatic amines is 1. The average Bonchev–Trinajstić information content (AvgIpc) is 3.52. The van der Waals surface area contributed by atoms with Crippen LogP contribution < -0.4 is 10.1 Å². The van der Waals surface area contributed by atoms with Gasteiger partial charge in [0.05, 0.1) is 11.6 Å². The molecule has 2 fully saturated rings. The largest absolute Gasteiger partial charge is 0.477 e. The van der Waals surface area contributed by atoms with Crippen LogP contribution in [0, 0.1) is 34.5 Å². The first-order valence-electron chi connectivity index (χ1n) is 11.7. The summed E-state index contributed by atoms with van der Waals surface area (Å²) >= 11 is 0. The van der Waals surface area contributed by atoms with Crippen molar-refractivity contribution in [3.8, 4) is 17.9 Å². The Bertz CT molecular complexity index is 1180. The van der Waals surface area contributed by atoms with Crippen LogP contribution in [0.1, 0.15) is 49.8 Å². The van der Waals surface area contributed by atoms with Crippen molar-refractivity contribution in [1.82, 2.24) is 15.2 Å². The normalized spacial score (nSPS) is 23.2. The minimum atomic E-state index is -0.711. The highest BCUT2D eigenvalue weighted by Crippen LogP contribution is 2.39. The zero-order valence-corrected chi connectivity index (χ0v) is 18.5. The third-order valence-corrected chi connectivity index (χ3v) is 7.32. The fourth-order valence-electron chi connectivity index (χ4n) is 5.32. The second-order valence-electron chi connectivity index (χ2n) is 9.40. The number of nitriles is 2. The van der Waals surface area contributed by atoms with Gasteiger partial charge < -0.3 is 19.9 Å². The molecule has 8 heteroatoms. The van der Waals surface area contributed by atoms with E-state index >= 15 is 0 Å². The molecule has 0 spiro atoms. The van der Waals surface area contributed by atoms with E-state index < -0.39 is 5.54 Å². The molecule has 8 nitrogen and oxygen atoms in total. The summed E-state index contributed by atoms with van der Waals surface area (Å²) in [6.45, 7) is 1.06. The van der Waals surface area contributed by atoms with Gasteiger partial charge in [-0.1, -0.05) is 25.0 Å². The summed E-state index contributed by atoms with van der Waals surface area (Å²) < 4.78 is 5.57. The number of carbonyl (C=O) groups excluding carboxylic acids is 2. The lowest BCUT2D eigenvalue weighted by Crippen LogP contribution is -2.48. The van der Waals surface area contributed by atoms with Crippen LogP contribution in [0.4, 0.5) is 0 Å². The molecule has 2 amide bonds. The van der Waals surface area contributed by atoms with Crippen LogP contribution >= 0.6 is 0 Å². The lowest BCUT2D eigenvalue weighted by molar-refractivity contribution is -0.144. The number of hydrogen-bond acceptors (Lipinski definition) is 5. The number of fused-ring (bicyclic) bond motifs is 3. The van der Waals surface area contributed by atoms with E-state index in [1.165, 1.54) is 0 Å². The first kappa shape index (κ1) is 21.3. The van der Waals surface area contributed by atoms with E-state index in [1.807, 2.05) is 29.2 Å². The first-order chi connectivity index (χ1) is 16.0. The number of aromatic nitrogens is 1. The quantitative estimate of drug-likeness (QED) is 0.733. The second-order valence-corrected chi connectivity index (χ2v) is 9.40. The van der Waals surface area contributed by atoms with Crippen LogP contribution in [-0.2, 0) is 22.6 Å². The van der Waals surface area contributed by atoms with Gasteiger partial charge in [0, 0.05) is 48.0 Å². The molecule has 2 aliphatic carbocycles. The minimum absolute atomic E-state index is 0.0222. The molecule has 2 heterocycles. The number of benzene rings is 1. The van der Waals surface area contributed by atoms with Gasteiger partial charge in [-0.3, -0.25) is 9.59 Å². The summed E-state index contributed by atoms with van der Waals surface area (Å²) in [6.07, 6.45) is 5.35. The fourth-order valence-corrected chi connectivity index (χ4v) is 5.32. The molecule has 5 rings (SSSR count). The Morgan fingerprint density at radius 1 is 1.21 bits per heavy atom. The summed E-state index contributed by atoms with van der Waals surface area (Å²) in [7, 11) is 0. The van der Waals surface area contributed by atoms with Crippen molar-refractivity contribution in [2.24, 2.45) is 11.8 Å². The Morgan fingerprint density at radius 2 is 2.00 bits per heavy atom. The SMILES string of the molecule is N#CCOc1cccc2c3c([nH]c12)CCN(C(=O)C1CCCC[C@H]1C(=O)NC1(C#N)CC1)C3. The number of rotatable bonds is 5. The number of nitrogens with zero attached hydrogens (tertiary/aromatic N) is 3. The zero-order valence-electron chi connectivity index (χ0n) is 18.5. The molecule has 2 N–H and O–H groups in total. The summed E-state index contributed by atoms with van der Waals surface area (Å²) in [5, 5.41) is 22.1. The van der Waals surface area contributed by atoms with Gasteiger partial charge in [-0.25, -0.2) is 0 Å². The van der Waals surface area contributed by atoms with Crippen LogP contribution in [0.2, 0.25) is 0 Å². The van der Waals surface area contributed by atoms with Gasteiger partial charge in [0.25, 0.3) is 0 Å². The summed E-state index contributed by atoms with van der Waals surface area (Å²) in [5.74, 6) is -0.177. The molecule has 0 radical (unpaired) electrons. The zero-order chi connectivity index (χ0) is 23.0. The Kier molecular flexibility index (Phi) is 5.46. The molecular weight excluding hydrogens is 418 g/mol. The number of nitrogens with one attached hydrogen (secondary N) is 2. The molecule has 1 unspecified atom stereocenters. The molecule has 0 saturated heterocycles. The number of carbonyl (C=O) groups is 2. The van der Waals surface area contributed by atoms with Crippen molar-refractivity contribution in [3.05, 3.63) is 29.5 Å². The third kappa shape index (κ3) is 3.91. The molecule has 0 bridgehead atoms. The lowest BCUT2D eigenvalue weighted by atomic mass is 9.77. The molecule has 2 saturated carbocycles. The van der Waals surface area contributed by atoms with E-state index in [9.17, 15) is 14.9 Å². The summed E-state index contributed by atoms with van der Waals surface area (Å²) in [5.41, 5.74) is 2.31. The highest BCUT2D eigenvalue weighted by Gasteiger charge is 2.47. The van der Waals surface area contributed by atoms with E-state index in [-0.39, 0.29) is 30.3 Å². The van der Waals surface area contributed by atoms with E-state index in [1.54, 1.807) is 0 Å². The molecule has 170 valence electrons. The fraction of sp³-hybridized carbons (Fsp3) is 0.520. The van der Waals surface area contributed by atoms with Gasteiger partial charge >= 0.3 is 0 Å². The Balaban J connectivity index is 1.35. The van der Waals surface area contributed by atoms with Crippen LogP contribution in [0.3, 0.4) is 0 Å². The predicted octanol–water partition coefficient (Wildman–Crippen LogP) is 2.93. The highest BCUT2D eigenvalue weighted by atomic mass is 16.5. The number of H-pyrrole nitrogens is 1. The molecule has 3 aliphatic rings. The Morgan fingerprint density at radius 3 is 2.73 bits per heavy atom. The van der Waals surface area contributed by atoms with E-state index in [0.717, 1.165) is 35.0 Å². The van der Waals surface area contributed by atoms with Crippen LogP contribution in [0.25, 0.3) is 10.9 Å². The van der Waals surface area contributed by atoms with Crippen molar-refractivity contribution < 1.29 is 14.3 Å². The standard InChI is InChI=1S/C25H27N5O3/c26-11-13-33-21-7-3-6-16-19-14-30(12-8-20(19)28-22(16)21)24(32)18-5-2-1-4-17(18)23(31)29-25(15-27)9-10-25/h3,6-7,17-18,28H,1-2,4-5,8-10,12-14H2,(H,29,31)/t17-,18?/m1/s1. The van der Waals surface area contributed by atoms with Gasteiger partial charge in [-0.15, -0.1) is 0 Å². The maximum Gasteiger partial charge on any atom is 0.226 e. The van der Waals surface area contributed by atoms with E-state index in [0.29, 0.717) is 50.9 Å². The van der Waals surface area contributed by atoms with Gasteiger partial charge in [-0.2, -0.15) is 10.5 Å². The topological polar surface area (TPSA) is 122 Å². The van der Waals surface area contributed by atoms with Crippen LogP contribution in [0.15, 0.2) is 18.2 Å². The van der Waals surface area contributed by atoms with Crippen LogP contribution in [0.5, 0.6) is 5.75 Å². The average molecular weight is 446 g/mol. The molecule has 2 aromatic rings. The van der Waals surface area contributed by atoms with Crippen molar-refractivity contribution in [3.63, 3.8) is 0 Å². The minimum Gasteiger partial charge on any atom is -0.477 e. The number of hydrogen-bond donors (Lipinski definition) is 2. The number of amides is 2. The Hall–Kier alpha value is -3.52. The monoisotopic (exact) mass is 445 g/mol. The molecule has 1 aromatic heterocycles. The maximum atomic E-state index is 13.6. The predicted molar refractivity (Wildman–Crippen MR) is 120 cm³/mol. The summed E-state index contributed by atoms with van der Waals surface area (Å²) in [6, 6.07) is 9.95. The smallest absolute Gasteiger partial charge is 0.226 e. The van der Waals surface area contributed by atoms with Gasteiger partial charge in [0.2, 0.25) is 11.8 Å². The molecule has 1 aromatic carbocycles. The first-order valence-corrected chi connectivity index (χ1v) is 11.7. The van der Waals surface area contributed by atoms with Crippen molar-refractivity contribution >= 4 is 22.7 Å². The van der Waals surface area contributed by atoms with Gasteiger partial charge in [0.15, 0.2) is 6.61 Å². The molecule has 33 heavy (non-hydrogen) atoms. The van der Waals surface area contributed by atoms with Gasteiger partial charge in [0.1, 0.15) is 17.4 Å². The summed E-state index contributed by atoms with van der Waals surface area (Å²) in [4.78, 5) is 31.9. The lowest BCUT2D eigenvalue weighted by Gasteiger charge is -2.36. The van der Waals surface area contributed by atoms with Crippen LogP contribution in [-0.4, -0.2) is 40.4 Å². The number of ether oxygens (including phenoxy) is 1. The number of para-hydroxylation sites is 1. The van der Waals surface area contributed by atoms with E-state index in [4.69, 9.17) is 10.00 Å². The van der Waals surface area contributed by atoms with Crippen molar-refractivity contribution in [2.75, 3.05) is 13.2 Å². The maximum absolute atomic E-state index is 13.6. The third-order valence-electron chi connectivity index (χ3n) is 7.32. The highest BCUT2D eigenvalue weighted by molar-refractivity contribution is 5.92. The van der Waals surface area contributed by atoms with Gasteiger partial charge in [-0.05, 0) is 31.7 Å². The van der Waals surface area contributed by atoms with Crippen molar-refractivity contribution in [1.29, 1.82) is 10.5 Å². The molecule has 1 aliphatic heterocycles. The molecule has 2 atom stereocenters. The molecular formula is C25H27N5O3. The second kappa shape index (κ2) is 8.44.